The summed E-state index contributed by atoms with van der Waals surface area (Å²) in [5.74, 6) is -0.670. The summed E-state index contributed by atoms with van der Waals surface area (Å²) in [6, 6.07) is -0.756. The van der Waals surface area contributed by atoms with Crippen molar-refractivity contribution in [2.75, 3.05) is 6.61 Å². The lowest BCUT2D eigenvalue weighted by atomic mass is 10.0. The van der Waals surface area contributed by atoms with Gasteiger partial charge in [0, 0.05) is 6.42 Å². The van der Waals surface area contributed by atoms with E-state index in [4.69, 9.17) is 4.74 Å². The quantitative estimate of drug-likeness (QED) is 0.0321. The smallest absolute Gasteiger partial charge is 0.306 e. The Morgan fingerprint density at radius 3 is 1.26 bits per heavy atom. The van der Waals surface area contributed by atoms with E-state index in [1.807, 2.05) is 6.08 Å². The highest BCUT2D eigenvalue weighted by Gasteiger charge is 2.23. The number of carbonyl (C=O) groups is 2. The van der Waals surface area contributed by atoms with Crippen LogP contribution in [0.1, 0.15) is 245 Å². The SMILES string of the molecule is CC/C=C/C/C=C/C/C=C/C/C=C/C/C=C/C(CC(=O)NC(CO)C(O)CCCCCCCCCCCCCCCCCC)OC(=O)CCCCC/C=C\C/C=C\C/C=C\C/C=C\CCCCC. The van der Waals surface area contributed by atoms with Crippen molar-refractivity contribution in [3.63, 3.8) is 0 Å². The summed E-state index contributed by atoms with van der Waals surface area (Å²) in [7, 11) is 0. The number of carbonyl (C=O) groups excluding carboxylic acids is 2. The molecular weight excluding hydrogens is 839 g/mol. The molecule has 0 aliphatic rings. The van der Waals surface area contributed by atoms with Crippen LogP contribution in [0.2, 0.25) is 0 Å². The third kappa shape index (κ3) is 49.0. The van der Waals surface area contributed by atoms with Crippen LogP contribution in [0.15, 0.2) is 109 Å². The Labute approximate surface area is 419 Å². The topological polar surface area (TPSA) is 95.9 Å². The summed E-state index contributed by atoms with van der Waals surface area (Å²) in [5.41, 5.74) is 0. The number of hydrogen-bond acceptors (Lipinski definition) is 5. The van der Waals surface area contributed by atoms with Gasteiger partial charge in [-0.2, -0.15) is 0 Å². The van der Waals surface area contributed by atoms with Crippen LogP contribution in [0.4, 0.5) is 0 Å². The van der Waals surface area contributed by atoms with Crippen molar-refractivity contribution in [1.29, 1.82) is 0 Å². The van der Waals surface area contributed by atoms with Crippen LogP contribution in [0.3, 0.4) is 0 Å². The van der Waals surface area contributed by atoms with E-state index < -0.39 is 18.2 Å². The van der Waals surface area contributed by atoms with Crippen molar-refractivity contribution < 1.29 is 24.5 Å². The average Bonchev–Trinajstić information content (AvgIpc) is 3.33. The Hall–Kier alpha value is -3.48. The molecule has 3 atom stereocenters. The molecule has 6 heteroatoms. The zero-order valence-electron chi connectivity index (χ0n) is 44.2. The van der Waals surface area contributed by atoms with E-state index in [0.29, 0.717) is 19.3 Å². The van der Waals surface area contributed by atoms with Crippen molar-refractivity contribution in [2.45, 2.75) is 264 Å². The summed E-state index contributed by atoms with van der Waals surface area (Å²) in [6.07, 6.45) is 74.7. The first-order valence-corrected chi connectivity index (χ1v) is 28.1. The molecule has 0 rings (SSSR count). The number of unbranched alkanes of at least 4 members (excludes halogenated alkanes) is 21. The molecule has 0 aliphatic carbocycles. The number of ether oxygens (including phenoxy) is 1. The molecule has 388 valence electrons. The normalized spacial score (nSPS) is 14.0. The van der Waals surface area contributed by atoms with Gasteiger partial charge in [0.05, 0.1) is 25.2 Å². The zero-order valence-corrected chi connectivity index (χ0v) is 44.2. The lowest BCUT2D eigenvalue weighted by Crippen LogP contribution is -2.46. The van der Waals surface area contributed by atoms with Crippen LogP contribution in [0.5, 0.6) is 0 Å². The average molecular weight is 945 g/mol. The van der Waals surface area contributed by atoms with Crippen molar-refractivity contribution in [2.24, 2.45) is 0 Å². The monoisotopic (exact) mass is 944 g/mol. The predicted octanol–water partition coefficient (Wildman–Crippen LogP) is 17.5. The fourth-order valence-electron chi connectivity index (χ4n) is 7.85. The molecule has 0 spiro atoms. The number of esters is 1. The summed E-state index contributed by atoms with van der Waals surface area (Å²) in [4.78, 5) is 26.2. The van der Waals surface area contributed by atoms with Crippen LogP contribution in [0, 0.1) is 0 Å². The number of rotatable bonds is 49. The Morgan fingerprint density at radius 2 is 0.824 bits per heavy atom. The number of aliphatic hydroxyl groups is 2. The van der Waals surface area contributed by atoms with E-state index in [-0.39, 0.29) is 24.9 Å². The molecule has 68 heavy (non-hydrogen) atoms. The lowest BCUT2D eigenvalue weighted by Gasteiger charge is -2.23. The molecule has 3 N–H and O–H groups in total. The Kier molecular flexibility index (Phi) is 51.7. The summed E-state index contributed by atoms with van der Waals surface area (Å²) in [5, 5.41) is 23.8. The van der Waals surface area contributed by atoms with Crippen molar-refractivity contribution in [1.82, 2.24) is 5.32 Å². The molecule has 1 amide bonds. The largest absolute Gasteiger partial charge is 0.458 e. The minimum absolute atomic E-state index is 0.0647. The van der Waals surface area contributed by atoms with Gasteiger partial charge >= 0.3 is 5.97 Å². The van der Waals surface area contributed by atoms with Gasteiger partial charge in [0.2, 0.25) is 5.91 Å². The lowest BCUT2D eigenvalue weighted by molar-refractivity contribution is -0.148. The second-order valence-electron chi connectivity index (χ2n) is 18.6. The number of hydrogen-bond donors (Lipinski definition) is 3. The van der Waals surface area contributed by atoms with Gasteiger partial charge in [0.15, 0.2) is 0 Å². The van der Waals surface area contributed by atoms with Gasteiger partial charge in [-0.05, 0) is 96.0 Å². The van der Waals surface area contributed by atoms with Gasteiger partial charge in [-0.1, -0.05) is 246 Å². The third-order valence-electron chi connectivity index (χ3n) is 12.1. The van der Waals surface area contributed by atoms with Gasteiger partial charge in [-0.25, -0.2) is 0 Å². The molecular formula is C62H105NO5. The zero-order chi connectivity index (χ0) is 49.5. The standard InChI is InChI=1S/C62H105NO5/c1-4-7-10-13-16-19-22-25-28-30-31-32-34-37-40-43-46-49-52-55-62(67)68-58(53-50-47-44-41-38-35-27-24-21-18-15-12-9-6-3)56-61(66)63-59(57-64)60(65)54-51-48-45-42-39-36-33-29-26-23-20-17-14-11-8-5-2/h9,12,16,18-19,21,25,27-28,31-32,35,37,40-41,44,50,53,58-60,64-65H,4-8,10-11,13-15,17,20,22-24,26,29-30,33-34,36,38-39,42-43,45-49,51-52,54-57H2,1-3H3,(H,63,66)/b12-9+,19-16-,21-18+,28-25-,32-31-,35-27+,40-37-,44-41+,53-50+. The van der Waals surface area contributed by atoms with Crippen LogP contribution < -0.4 is 5.32 Å². The Morgan fingerprint density at radius 1 is 0.456 bits per heavy atom. The number of amides is 1. The van der Waals surface area contributed by atoms with E-state index in [0.717, 1.165) is 89.9 Å². The maximum absolute atomic E-state index is 13.2. The molecule has 0 fully saturated rings. The fraction of sp³-hybridized carbons (Fsp3) is 0.677. The van der Waals surface area contributed by atoms with Crippen LogP contribution >= 0.6 is 0 Å². The molecule has 3 unspecified atom stereocenters. The number of nitrogens with one attached hydrogen (secondary N) is 1. The summed E-state index contributed by atoms with van der Waals surface area (Å²) >= 11 is 0. The van der Waals surface area contributed by atoms with Gasteiger partial charge < -0.3 is 20.3 Å². The molecule has 6 nitrogen and oxygen atoms in total. The van der Waals surface area contributed by atoms with Crippen molar-refractivity contribution >= 4 is 11.9 Å². The second-order valence-corrected chi connectivity index (χ2v) is 18.6. The van der Waals surface area contributed by atoms with Crippen LogP contribution in [-0.4, -0.2) is 46.9 Å². The predicted molar refractivity (Wildman–Crippen MR) is 296 cm³/mol. The van der Waals surface area contributed by atoms with E-state index >= 15 is 0 Å². The number of allylic oxidation sites excluding steroid dienone is 17. The number of aliphatic hydroxyl groups excluding tert-OH is 2. The van der Waals surface area contributed by atoms with Crippen molar-refractivity contribution in [3.8, 4) is 0 Å². The van der Waals surface area contributed by atoms with Crippen LogP contribution in [0.25, 0.3) is 0 Å². The first kappa shape index (κ1) is 64.5. The molecule has 0 radical (unpaired) electrons. The molecule has 0 bridgehead atoms. The van der Waals surface area contributed by atoms with E-state index in [9.17, 15) is 19.8 Å². The first-order valence-electron chi connectivity index (χ1n) is 28.1. The third-order valence-corrected chi connectivity index (χ3v) is 12.1. The molecule has 0 aliphatic heterocycles. The van der Waals surface area contributed by atoms with Gasteiger partial charge in [-0.15, -0.1) is 0 Å². The molecule has 0 saturated heterocycles. The second kappa shape index (κ2) is 54.5. The highest BCUT2D eigenvalue weighted by molar-refractivity contribution is 5.78. The minimum atomic E-state index is -0.832. The maximum atomic E-state index is 13.2. The van der Waals surface area contributed by atoms with E-state index in [1.165, 1.54) is 109 Å². The highest BCUT2D eigenvalue weighted by atomic mass is 16.5. The maximum Gasteiger partial charge on any atom is 0.306 e. The summed E-state index contributed by atoms with van der Waals surface area (Å²) < 4.78 is 5.82. The van der Waals surface area contributed by atoms with Crippen molar-refractivity contribution in [3.05, 3.63) is 109 Å². The molecule has 0 aromatic carbocycles. The van der Waals surface area contributed by atoms with E-state index in [1.54, 1.807) is 6.08 Å². The first-order chi connectivity index (χ1) is 33.5. The molecule has 0 aromatic rings. The minimum Gasteiger partial charge on any atom is -0.458 e. The van der Waals surface area contributed by atoms with Gasteiger partial charge in [0.1, 0.15) is 6.10 Å². The highest BCUT2D eigenvalue weighted by Crippen LogP contribution is 2.16. The van der Waals surface area contributed by atoms with Gasteiger partial charge in [0.25, 0.3) is 0 Å². The summed E-state index contributed by atoms with van der Waals surface area (Å²) in [6.45, 7) is 6.30. The van der Waals surface area contributed by atoms with E-state index in [2.05, 4.69) is 123 Å². The Balaban J connectivity index is 4.73. The van der Waals surface area contributed by atoms with Crippen LogP contribution in [-0.2, 0) is 14.3 Å². The molecule has 0 aromatic heterocycles. The molecule has 0 heterocycles. The molecule has 0 saturated carbocycles. The van der Waals surface area contributed by atoms with Gasteiger partial charge in [-0.3, -0.25) is 9.59 Å². The fourth-order valence-corrected chi connectivity index (χ4v) is 7.85. The Bertz CT molecular complexity index is 1380.